The Hall–Kier alpha value is -3.15. The van der Waals surface area contributed by atoms with Gasteiger partial charge in [0.05, 0.1) is 6.42 Å². The molecule has 0 aromatic heterocycles. The van der Waals surface area contributed by atoms with Gasteiger partial charge in [0, 0.05) is 36.8 Å². The molecule has 1 aliphatic carbocycles. The first-order chi connectivity index (χ1) is 14.1. The highest BCUT2D eigenvalue weighted by atomic mass is 16.2. The summed E-state index contributed by atoms with van der Waals surface area (Å²) in [5.41, 5.74) is 3.50. The average Bonchev–Trinajstić information content (AvgIpc) is 3.49. The van der Waals surface area contributed by atoms with Gasteiger partial charge in [-0.15, -0.1) is 0 Å². The van der Waals surface area contributed by atoms with E-state index in [0.717, 1.165) is 48.3 Å². The number of nitrogens with one attached hydrogen (secondary N) is 2. The Bertz CT molecular complexity index is 919. The fourth-order valence-electron chi connectivity index (χ4n) is 3.51. The number of rotatable bonds is 7. The van der Waals surface area contributed by atoms with Gasteiger partial charge in [0.15, 0.2) is 0 Å². The van der Waals surface area contributed by atoms with E-state index in [-0.39, 0.29) is 30.1 Å². The first kappa shape index (κ1) is 19.2. The third-order valence-corrected chi connectivity index (χ3v) is 5.32. The van der Waals surface area contributed by atoms with Gasteiger partial charge in [0.25, 0.3) is 0 Å². The molecule has 6 nitrogen and oxygen atoms in total. The van der Waals surface area contributed by atoms with E-state index >= 15 is 0 Å². The van der Waals surface area contributed by atoms with E-state index in [9.17, 15) is 14.4 Å². The maximum Gasteiger partial charge on any atom is 0.227 e. The zero-order valence-corrected chi connectivity index (χ0v) is 16.3. The molecule has 2 aromatic carbocycles. The number of benzene rings is 2. The number of amides is 3. The molecule has 1 saturated carbocycles. The number of carbonyl (C=O) groups is 3. The first-order valence-electron chi connectivity index (χ1n) is 10.1. The maximum atomic E-state index is 12.3. The van der Waals surface area contributed by atoms with Crippen molar-refractivity contribution in [1.29, 1.82) is 0 Å². The van der Waals surface area contributed by atoms with E-state index in [2.05, 4.69) is 10.6 Å². The SMILES string of the molecule is O=C(Cc1ccc(N2CCCC2=O)cc1)NCc1cccc(NC(=O)C2CC2)c1. The Kier molecular flexibility index (Phi) is 5.60. The lowest BCUT2D eigenvalue weighted by atomic mass is 10.1. The minimum absolute atomic E-state index is 0.0672. The minimum Gasteiger partial charge on any atom is -0.352 e. The lowest BCUT2D eigenvalue weighted by molar-refractivity contribution is -0.120. The van der Waals surface area contributed by atoms with E-state index in [4.69, 9.17) is 0 Å². The molecular weight excluding hydrogens is 366 g/mol. The van der Waals surface area contributed by atoms with Crippen molar-refractivity contribution in [3.63, 3.8) is 0 Å². The molecular formula is C23H25N3O3. The highest BCUT2D eigenvalue weighted by Crippen LogP contribution is 2.30. The van der Waals surface area contributed by atoms with Gasteiger partial charge in [0.1, 0.15) is 0 Å². The molecule has 150 valence electrons. The Morgan fingerprint density at radius 1 is 1.03 bits per heavy atom. The zero-order valence-electron chi connectivity index (χ0n) is 16.3. The molecule has 29 heavy (non-hydrogen) atoms. The summed E-state index contributed by atoms with van der Waals surface area (Å²) in [4.78, 5) is 37.8. The molecule has 2 fully saturated rings. The molecule has 0 unspecified atom stereocenters. The summed E-state index contributed by atoms with van der Waals surface area (Å²) in [6.45, 7) is 1.17. The Morgan fingerprint density at radius 3 is 2.52 bits per heavy atom. The second-order valence-corrected chi connectivity index (χ2v) is 7.73. The topological polar surface area (TPSA) is 78.5 Å². The molecule has 2 aliphatic rings. The number of nitrogens with zero attached hydrogens (tertiary/aromatic N) is 1. The fourth-order valence-corrected chi connectivity index (χ4v) is 3.51. The van der Waals surface area contributed by atoms with E-state index in [0.29, 0.717) is 13.0 Å². The van der Waals surface area contributed by atoms with Crippen molar-refractivity contribution in [2.24, 2.45) is 5.92 Å². The van der Waals surface area contributed by atoms with Crippen LogP contribution in [0.15, 0.2) is 48.5 Å². The predicted molar refractivity (Wildman–Crippen MR) is 111 cm³/mol. The van der Waals surface area contributed by atoms with Crippen LogP contribution in [0.4, 0.5) is 11.4 Å². The van der Waals surface area contributed by atoms with Gasteiger partial charge in [-0.05, 0) is 54.7 Å². The summed E-state index contributed by atoms with van der Waals surface area (Å²) >= 11 is 0. The lowest BCUT2D eigenvalue weighted by Crippen LogP contribution is -2.25. The molecule has 0 atom stereocenters. The van der Waals surface area contributed by atoms with Crippen molar-refractivity contribution in [3.05, 3.63) is 59.7 Å². The molecule has 2 aromatic rings. The van der Waals surface area contributed by atoms with Crippen molar-refractivity contribution in [2.45, 2.75) is 38.6 Å². The molecule has 3 amide bonds. The predicted octanol–water partition coefficient (Wildman–Crippen LogP) is 3.02. The average molecular weight is 391 g/mol. The summed E-state index contributed by atoms with van der Waals surface area (Å²) in [5.74, 6) is 0.326. The standard InChI is InChI=1S/C23H25N3O3/c27-21(14-16-6-10-20(11-7-16)26-12-2-5-22(26)28)24-15-17-3-1-4-19(13-17)25-23(29)18-8-9-18/h1,3-4,6-7,10-11,13,18H,2,5,8-9,12,14-15H2,(H,24,27)(H,25,29). The van der Waals surface area contributed by atoms with Crippen LogP contribution in [-0.2, 0) is 27.3 Å². The summed E-state index contributed by atoms with van der Waals surface area (Å²) in [6.07, 6.45) is 3.73. The third-order valence-electron chi connectivity index (χ3n) is 5.32. The van der Waals surface area contributed by atoms with E-state index < -0.39 is 0 Å². The third kappa shape index (κ3) is 5.02. The van der Waals surface area contributed by atoms with Gasteiger partial charge in [-0.25, -0.2) is 0 Å². The van der Waals surface area contributed by atoms with Crippen molar-refractivity contribution in [1.82, 2.24) is 5.32 Å². The number of hydrogen-bond donors (Lipinski definition) is 2. The number of carbonyl (C=O) groups excluding carboxylic acids is 3. The van der Waals surface area contributed by atoms with Crippen molar-refractivity contribution in [2.75, 3.05) is 16.8 Å². The van der Waals surface area contributed by atoms with Crippen LogP contribution in [0.1, 0.15) is 36.8 Å². The van der Waals surface area contributed by atoms with Crippen molar-refractivity contribution < 1.29 is 14.4 Å². The Morgan fingerprint density at radius 2 is 1.83 bits per heavy atom. The van der Waals surface area contributed by atoms with Crippen LogP contribution in [0.3, 0.4) is 0 Å². The maximum absolute atomic E-state index is 12.3. The minimum atomic E-state index is -0.0672. The largest absolute Gasteiger partial charge is 0.352 e. The van der Waals surface area contributed by atoms with E-state index in [1.807, 2.05) is 48.5 Å². The van der Waals surface area contributed by atoms with Crippen LogP contribution in [0.5, 0.6) is 0 Å². The van der Waals surface area contributed by atoms with Gasteiger partial charge in [-0.2, -0.15) is 0 Å². The second-order valence-electron chi connectivity index (χ2n) is 7.73. The van der Waals surface area contributed by atoms with Gasteiger partial charge in [-0.1, -0.05) is 24.3 Å². The zero-order chi connectivity index (χ0) is 20.2. The van der Waals surface area contributed by atoms with Crippen molar-refractivity contribution in [3.8, 4) is 0 Å². The van der Waals surface area contributed by atoms with E-state index in [1.54, 1.807) is 4.90 Å². The smallest absolute Gasteiger partial charge is 0.227 e. The molecule has 0 radical (unpaired) electrons. The molecule has 6 heteroatoms. The summed E-state index contributed by atoms with van der Waals surface area (Å²) in [7, 11) is 0. The fraction of sp³-hybridized carbons (Fsp3) is 0.348. The molecule has 1 saturated heterocycles. The van der Waals surface area contributed by atoms with Crippen molar-refractivity contribution >= 4 is 29.1 Å². The Labute approximate surface area is 170 Å². The van der Waals surface area contributed by atoms with Crippen LogP contribution in [0, 0.1) is 5.92 Å². The summed E-state index contributed by atoms with van der Waals surface area (Å²) in [6, 6.07) is 15.1. The monoisotopic (exact) mass is 391 g/mol. The molecule has 4 rings (SSSR count). The molecule has 1 aliphatic heterocycles. The van der Waals surface area contributed by atoms with Crippen LogP contribution in [0.2, 0.25) is 0 Å². The summed E-state index contributed by atoms with van der Waals surface area (Å²) < 4.78 is 0. The van der Waals surface area contributed by atoms with Crippen LogP contribution in [0.25, 0.3) is 0 Å². The highest BCUT2D eigenvalue weighted by molar-refractivity contribution is 5.95. The first-order valence-corrected chi connectivity index (χ1v) is 10.1. The van der Waals surface area contributed by atoms with Gasteiger partial charge in [-0.3, -0.25) is 14.4 Å². The van der Waals surface area contributed by atoms with Gasteiger partial charge < -0.3 is 15.5 Å². The second kappa shape index (κ2) is 8.47. The molecule has 1 heterocycles. The van der Waals surface area contributed by atoms with Crippen LogP contribution < -0.4 is 15.5 Å². The number of hydrogen-bond acceptors (Lipinski definition) is 3. The normalized spacial score (nSPS) is 16.0. The lowest BCUT2D eigenvalue weighted by Gasteiger charge is -2.15. The molecule has 0 spiro atoms. The van der Waals surface area contributed by atoms with E-state index in [1.165, 1.54) is 0 Å². The summed E-state index contributed by atoms with van der Waals surface area (Å²) in [5, 5.41) is 5.85. The van der Waals surface area contributed by atoms with Gasteiger partial charge in [0.2, 0.25) is 17.7 Å². The molecule has 0 bridgehead atoms. The number of anilines is 2. The van der Waals surface area contributed by atoms with Crippen LogP contribution in [-0.4, -0.2) is 24.3 Å². The Balaban J connectivity index is 1.27. The van der Waals surface area contributed by atoms with Gasteiger partial charge >= 0.3 is 0 Å². The van der Waals surface area contributed by atoms with Crippen LogP contribution >= 0.6 is 0 Å². The highest BCUT2D eigenvalue weighted by Gasteiger charge is 2.29. The molecule has 2 N–H and O–H groups in total. The quantitative estimate of drug-likeness (QED) is 0.762.